The van der Waals surface area contributed by atoms with E-state index in [1.165, 1.54) is 38.5 Å². The summed E-state index contributed by atoms with van der Waals surface area (Å²) in [6, 6.07) is 16.2. The van der Waals surface area contributed by atoms with Gasteiger partial charge in [0.05, 0.1) is 13.2 Å². The summed E-state index contributed by atoms with van der Waals surface area (Å²) in [5.41, 5.74) is 3.04. The van der Waals surface area contributed by atoms with Crippen LogP contribution < -0.4 is 9.47 Å². The molecule has 0 aliphatic rings. The first-order valence-electron chi connectivity index (χ1n) is 12.1. The molecule has 0 N–H and O–H groups in total. The Labute approximate surface area is 193 Å². The Bertz CT molecular complexity index is 907. The molecule has 0 saturated heterocycles. The number of unbranched alkanes of at least 4 members (excludes halogenated alkanes) is 6. The molecular weight excluding hydrogens is 396 g/mol. The van der Waals surface area contributed by atoms with Gasteiger partial charge < -0.3 is 9.47 Å². The summed E-state index contributed by atoms with van der Waals surface area (Å²) in [4.78, 5) is 9.18. The van der Waals surface area contributed by atoms with Gasteiger partial charge in [-0.25, -0.2) is 9.97 Å². The zero-order valence-corrected chi connectivity index (χ0v) is 19.6. The van der Waals surface area contributed by atoms with Crippen molar-refractivity contribution in [1.82, 2.24) is 9.97 Å². The maximum absolute atomic E-state index is 5.90. The minimum absolute atomic E-state index is 0.706. The van der Waals surface area contributed by atoms with Gasteiger partial charge in [-0.2, -0.15) is 0 Å². The molecule has 0 radical (unpaired) electrons. The lowest BCUT2D eigenvalue weighted by atomic mass is 10.1. The van der Waals surface area contributed by atoms with Gasteiger partial charge in [0.2, 0.25) is 0 Å². The first-order valence-corrected chi connectivity index (χ1v) is 12.1. The molecule has 0 saturated carbocycles. The maximum atomic E-state index is 5.90. The number of aromatic nitrogens is 2. The maximum Gasteiger partial charge on any atom is 0.159 e. The van der Waals surface area contributed by atoms with E-state index in [0.29, 0.717) is 5.82 Å². The summed E-state index contributed by atoms with van der Waals surface area (Å²) in [7, 11) is 0. The highest BCUT2D eigenvalue weighted by molar-refractivity contribution is 5.64. The van der Waals surface area contributed by atoms with Gasteiger partial charge in [0, 0.05) is 23.5 Å². The molecule has 170 valence electrons. The van der Waals surface area contributed by atoms with Crippen LogP contribution in [-0.2, 0) is 0 Å². The van der Waals surface area contributed by atoms with Gasteiger partial charge in [-0.1, -0.05) is 76.6 Å². The second kappa shape index (κ2) is 13.5. The van der Waals surface area contributed by atoms with E-state index in [1.807, 2.05) is 48.8 Å². The van der Waals surface area contributed by atoms with Crippen molar-refractivity contribution in [3.05, 3.63) is 60.9 Å². The molecule has 32 heavy (non-hydrogen) atoms. The average Bonchev–Trinajstić information content (AvgIpc) is 2.84. The molecule has 0 atom stereocenters. The van der Waals surface area contributed by atoms with E-state index in [4.69, 9.17) is 9.47 Å². The van der Waals surface area contributed by atoms with Crippen molar-refractivity contribution < 1.29 is 9.47 Å². The van der Waals surface area contributed by atoms with Crippen molar-refractivity contribution in [2.45, 2.75) is 65.2 Å². The molecule has 2 aromatic carbocycles. The van der Waals surface area contributed by atoms with E-state index in [2.05, 4.69) is 35.9 Å². The Balaban J connectivity index is 1.55. The number of hydrogen-bond donors (Lipinski definition) is 0. The second-order valence-electron chi connectivity index (χ2n) is 8.17. The van der Waals surface area contributed by atoms with Crippen molar-refractivity contribution >= 4 is 0 Å². The molecule has 3 aromatic rings. The van der Waals surface area contributed by atoms with E-state index in [1.54, 1.807) is 0 Å². The van der Waals surface area contributed by atoms with Crippen molar-refractivity contribution in [2.24, 2.45) is 0 Å². The highest BCUT2D eigenvalue weighted by Gasteiger charge is 2.06. The molecule has 0 spiro atoms. The van der Waals surface area contributed by atoms with Crippen LogP contribution in [0.25, 0.3) is 22.5 Å². The molecule has 0 unspecified atom stereocenters. The topological polar surface area (TPSA) is 44.2 Å². The second-order valence-corrected chi connectivity index (χ2v) is 8.17. The van der Waals surface area contributed by atoms with Crippen LogP contribution >= 0.6 is 0 Å². The van der Waals surface area contributed by atoms with Gasteiger partial charge >= 0.3 is 0 Å². The van der Waals surface area contributed by atoms with Gasteiger partial charge in [-0.3, -0.25) is 0 Å². The standard InChI is InChI=1S/C28H36N2O2/c1-3-5-7-9-18-31-26-16-14-23(15-17-26)25-21-29-28(30-22-25)24-12-11-13-27(20-24)32-19-10-8-6-4-2/h11-17,20-22H,3-10,18-19H2,1-2H3. The lowest BCUT2D eigenvalue weighted by molar-refractivity contribution is 0.305. The quantitative estimate of drug-likeness (QED) is 0.244. The van der Waals surface area contributed by atoms with Gasteiger partial charge in [-0.15, -0.1) is 0 Å². The summed E-state index contributed by atoms with van der Waals surface area (Å²) >= 11 is 0. The monoisotopic (exact) mass is 432 g/mol. The third kappa shape index (κ3) is 7.67. The fourth-order valence-corrected chi connectivity index (χ4v) is 3.53. The van der Waals surface area contributed by atoms with E-state index in [0.717, 1.165) is 54.2 Å². The van der Waals surface area contributed by atoms with Crippen LogP contribution in [0, 0.1) is 0 Å². The molecule has 0 fully saturated rings. The number of rotatable bonds is 14. The summed E-state index contributed by atoms with van der Waals surface area (Å²) in [5.74, 6) is 2.49. The van der Waals surface area contributed by atoms with Crippen LogP contribution in [-0.4, -0.2) is 23.2 Å². The molecule has 1 heterocycles. The summed E-state index contributed by atoms with van der Waals surface area (Å²) in [5, 5.41) is 0. The molecule has 3 rings (SSSR count). The van der Waals surface area contributed by atoms with Gasteiger partial charge in [0.1, 0.15) is 11.5 Å². The lowest BCUT2D eigenvalue weighted by Gasteiger charge is -2.09. The fraction of sp³-hybridized carbons (Fsp3) is 0.429. The normalized spacial score (nSPS) is 10.8. The van der Waals surface area contributed by atoms with Crippen LogP contribution in [0.4, 0.5) is 0 Å². The SMILES string of the molecule is CCCCCCOc1ccc(-c2cnc(-c3cccc(OCCCCCC)c3)nc2)cc1. The molecule has 4 heteroatoms. The van der Waals surface area contributed by atoms with E-state index in [-0.39, 0.29) is 0 Å². The molecular formula is C28H36N2O2. The largest absolute Gasteiger partial charge is 0.494 e. The molecule has 0 aliphatic carbocycles. The Hall–Kier alpha value is -2.88. The van der Waals surface area contributed by atoms with Gasteiger partial charge in [-0.05, 0) is 42.7 Å². The number of hydrogen-bond acceptors (Lipinski definition) is 4. The minimum atomic E-state index is 0.706. The molecule has 4 nitrogen and oxygen atoms in total. The fourth-order valence-electron chi connectivity index (χ4n) is 3.53. The summed E-state index contributed by atoms with van der Waals surface area (Å²) < 4.78 is 11.7. The summed E-state index contributed by atoms with van der Waals surface area (Å²) in [6.07, 6.45) is 13.4. The van der Waals surface area contributed by atoms with Crippen LogP contribution in [0.2, 0.25) is 0 Å². The van der Waals surface area contributed by atoms with Crippen LogP contribution in [0.5, 0.6) is 11.5 Å². The minimum Gasteiger partial charge on any atom is -0.494 e. The van der Waals surface area contributed by atoms with Crippen molar-refractivity contribution in [1.29, 1.82) is 0 Å². The first-order chi connectivity index (χ1) is 15.8. The first kappa shape index (κ1) is 23.8. The zero-order chi connectivity index (χ0) is 22.4. The van der Waals surface area contributed by atoms with Crippen molar-refractivity contribution in [3.8, 4) is 34.0 Å². The zero-order valence-electron chi connectivity index (χ0n) is 19.6. The third-order valence-corrected chi connectivity index (χ3v) is 5.46. The Morgan fingerprint density at radius 2 is 1.22 bits per heavy atom. The van der Waals surface area contributed by atoms with Gasteiger partial charge in [0.15, 0.2) is 5.82 Å². The van der Waals surface area contributed by atoms with E-state index < -0.39 is 0 Å². The number of benzene rings is 2. The highest BCUT2D eigenvalue weighted by Crippen LogP contribution is 2.25. The van der Waals surface area contributed by atoms with Crippen molar-refractivity contribution in [3.63, 3.8) is 0 Å². The molecule has 0 amide bonds. The number of nitrogens with zero attached hydrogens (tertiary/aromatic N) is 2. The van der Waals surface area contributed by atoms with E-state index >= 15 is 0 Å². The predicted octanol–water partition coefficient (Wildman–Crippen LogP) is 7.73. The highest BCUT2D eigenvalue weighted by atomic mass is 16.5. The Morgan fingerprint density at radius 1 is 0.594 bits per heavy atom. The Kier molecular flexibility index (Phi) is 10.0. The third-order valence-electron chi connectivity index (χ3n) is 5.46. The van der Waals surface area contributed by atoms with Crippen LogP contribution in [0.15, 0.2) is 60.9 Å². The van der Waals surface area contributed by atoms with Crippen LogP contribution in [0.3, 0.4) is 0 Å². The van der Waals surface area contributed by atoms with Crippen LogP contribution in [0.1, 0.15) is 65.2 Å². The smallest absolute Gasteiger partial charge is 0.159 e. The van der Waals surface area contributed by atoms with Crippen molar-refractivity contribution in [2.75, 3.05) is 13.2 Å². The summed E-state index contributed by atoms with van der Waals surface area (Å²) in [6.45, 7) is 5.97. The number of ether oxygens (including phenoxy) is 2. The lowest BCUT2D eigenvalue weighted by Crippen LogP contribution is -1.98. The predicted molar refractivity (Wildman–Crippen MR) is 132 cm³/mol. The van der Waals surface area contributed by atoms with Gasteiger partial charge in [0.25, 0.3) is 0 Å². The molecule has 0 bridgehead atoms. The average molecular weight is 433 g/mol. The van der Waals surface area contributed by atoms with E-state index in [9.17, 15) is 0 Å². The molecule has 1 aromatic heterocycles. The molecule has 0 aliphatic heterocycles. The Morgan fingerprint density at radius 3 is 1.84 bits per heavy atom.